The maximum Gasteiger partial charge on any atom is 0.133 e. The second-order valence-electron chi connectivity index (χ2n) is 2.13. The first-order valence-electron chi connectivity index (χ1n) is 3.94. The van der Waals surface area contributed by atoms with Crippen molar-refractivity contribution in [2.24, 2.45) is 0 Å². The fourth-order valence-corrected chi connectivity index (χ4v) is 0.736. The van der Waals surface area contributed by atoms with E-state index in [2.05, 4.69) is 0 Å². The number of hydrogen-bond acceptors (Lipinski definition) is 2. The molecule has 2 heteroatoms. The molecule has 0 heterocycles. The van der Waals surface area contributed by atoms with Crippen molar-refractivity contribution in [3.63, 3.8) is 0 Å². The summed E-state index contributed by atoms with van der Waals surface area (Å²) in [7, 11) is 0. The second kappa shape index (κ2) is 5.20. The molecule has 64 valence electrons. The molecule has 12 heavy (non-hydrogen) atoms. The van der Waals surface area contributed by atoms with Crippen molar-refractivity contribution < 1.29 is 5.11 Å². The van der Waals surface area contributed by atoms with Crippen LogP contribution >= 0.6 is 0 Å². The lowest BCUT2D eigenvalue weighted by atomic mass is 10.1. The standard InChI is InChI=1S/C8H7NO.C2H6/c1-6-2-3-7(5-9)8(10)4-6;1-2/h2-4,10H,1H3;1-2H3. The SMILES string of the molecule is CC.Cc1ccc(C#N)c(O)c1. The number of rotatable bonds is 0. The van der Waals surface area contributed by atoms with Crippen molar-refractivity contribution in [3.05, 3.63) is 29.3 Å². The van der Waals surface area contributed by atoms with E-state index in [1.54, 1.807) is 18.2 Å². The van der Waals surface area contributed by atoms with Crippen molar-refractivity contribution in [2.75, 3.05) is 0 Å². The van der Waals surface area contributed by atoms with Crippen molar-refractivity contribution in [1.82, 2.24) is 0 Å². The zero-order valence-corrected chi connectivity index (χ0v) is 7.63. The molecule has 0 saturated carbocycles. The molecule has 1 N–H and O–H groups in total. The first-order valence-corrected chi connectivity index (χ1v) is 3.94. The molecular weight excluding hydrogens is 150 g/mol. The average molecular weight is 163 g/mol. The molecule has 0 aromatic heterocycles. The highest BCUT2D eigenvalue weighted by Gasteiger charge is 1.96. The van der Waals surface area contributed by atoms with Gasteiger partial charge in [-0.2, -0.15) is 5.26 Å². The third kappa shape index (κ3) is 2.63. The van der Waals surface area contributed by atoms with Crippen LogP contribution in [0.3, 0.4) is 0 Å². The Bertz CT molecular complexity index is 286. The fourth-order valence-electron chi connectivity index (χ4n) is 0.736. The first-order chi connectivity index (χ1) is 5.74. The van der Waals surface area contributed by atoms with Gasteiger partial charge >= 0.3 is 0 Å². The van der Waals surface area contributed by atoms with Crippen molar-refractivity contribution in [2.45, 2.75) is 20.8 Å². The van der Waals surface area contributed by atoms with E-state index in [0.717, 1.165) is 5.56 Å². The molecule has 0 bridgehead atoms. The Labute approximate surface area is 73.1 Å². The summed E-state index contributed by atoms with van der Waals surface area (Å²) in [6.07, 6.45) is 0. The number of nitriles is 1. The summed E-state index contributed by atoms with van der Waals surface area (Å²) in [5.41, 5.74) is 1.28. The minimum absolute atomic E-state index is 0.0579. The lowest BCUT2D eigenvalue weighted by molar-refractivity contribution is 0.473. The Kier molecular flexibility index (Phi) is 4.55. The summed E-state index contributed by atoms with van der Waals surface area (Å²) < 4.78 is 0. The van der Waals surface area contributed by atoms with Gasteiger partial charge in [0.1, 0.15) is 11.8 Å². The van der Waals surface area contributed by atoms with Gasteiger partial charge in [-0.3, -0.25) is 0 Å². The summed E-state index contributed by atoms with van der Waals surface area (Å²) in [6, 6.07) is 6.83. The highest BCUT2D eigenvalue weighted by atomic mass is 16.3. The predicted molar refractivity (Wildman–Crippen MR) is 48.9 cm³/mol. The van der Waals surface area contributed by atoms with Crippen LogP contribution < -0.4 is 0 Å². The smallest absolute Gasteiger partial charge is 0.133 e. The number of phenols is 1. The molecule has 0 spiro atoms. The van der Waals surface area contributed by atoms with Crippen LogP contribution in [0.1, 0.15) is 25.0 Å². The zero-order chi connectivity index (χ0) is 9.56. The lowest BCUT2D eigenvalue weighted by Gasteiger charge is -1.95. The average Bonchev–Trinajstić information content (AvgIpc) is 2.08. The van der Waals surface area contributed by atoms with E-state index in [1.807, 2.05) is 26.8 Å². The Balaban J connectivity index is 0.000000561. The number of benzene rings is 1. The third-order valence-electron chi connectivity index (χ3n) is 1.27. The molecule has 0 fully saturated rings. The van der Waals surface area contributed by atoms with Gasteiger partial charge in [-0.15, -0.1) is 0 Å². The summed E-state index contributed by atoms with van der Waals surface area (Å²) in [6.45, 7) is 5.86. The molecule has 0 unspecified atom stereocenters. The van der Waals surface area contributed by atoms with Crippen molar-refractivity contribution >= 4 is 0 Å². The van der Waals surface area contributed by atoms with Gasteiger partial charge in [-0.1, -0.05) is 19.9 Å². The Morgan fingerprint density at radius 1 is 1.33 bits per heavy atom. The van der Waals surface area contributed by atoms with Crippen LogP contribution in [0.15, 0.2) is 18.2 Å². The molecule has 0 saturated heterocycles. The van der Waals surface area contributed by atoms with Crippen LogP contribution in [-0.4, -0.2) is 5.11 Å². The molecule has 1 rings (SSSR count). The molecule has 0 aliphatic heterocycles. The quantitative estimate of drug-likeness (QED) is 0.638. The molecule has 1 aromatic carbocycles. The zero-order valence-electron chi connectivity index (χ0n) is 7.63. The van der Waals surface area contributed by atoms with Crippen LogP contribution in [-0.2, 0) is 0 Å². The Morgan fingerprint density at radius 2 is 1.92 bits per heavy atom. The normalized spacial score (nSPS) is 7.83. The summed E-state index contributed by atoms with van der Waals surface area (Å²) >= 11 is 0. The summed E-state index contributed by atoms with van der Waals surface area (Å²) in [5, 5.41) is 17.5. The highest BCUT2D eigenvalue weighted by Crippen LogP contribution is 2.16. The van der Waals surface area contributed by atoms with Gasteiger partial charge in [0.05, 0.1) is 5.56 Å². The van der Waals surface area contributed by atoms with Crippen molar-refractivity contribution in [3.8, 4) is 11.8 Å². The molecule has 0 radical (unpaired) electrons. The topological polar surface area (TPSA) is 44.0 Å². The molecule has 0 aliphatic rings. The lowest BCUT2D eigenvalue weighted by Crippen LogP contribution is -1.76. The van der Waals surface area contributed by atoms with Crippen LogP contribution in [0.25, 0.3) is 0 Å². The van der Waals surface area contributed by atoms with Crippen molar-refractivity contribution in [1.29, 1.82) is 5.26 Å². The second-order valence-corrected chi connectivity index (χ2v) is 2.13. The minimum atomic E-state index is 0.0579. The number of hydrogen-bond donors (Lipinski definition) is 1. The van der Waals surface area contributed by atoms with E-state index in [0.29, 0.717) is 5.56 Å². The van der Waals surface area contributed by atoms with Gasteiger partial charge < -0.3 is 5.11 Å². The monoisotopic (exact) mass is 163 g/mol. The minimum Gasteiger partial charge on any atom is -0.507 e. The number of aromatic hydroxyl groups is 1. The van der Waals surface area contributed by atoms with Gasteiger partial charge in [0.15, 0.2) is 0 Å². The number of phenolic OH excluding ortho intramolecular Hbond substituents is 1. The van der Waals surface area contributed by atoms with E-state index in [-0.39, 0.29) is 5.75 Å². The van der Waals surface area contributed by atoms with Crippen LogP contribution in [0.5, 0.6) is 5.75 Å². The van der Waals surface area contributed by atoms with E-state index >= 15 is 0 Å². The van der Waals surface area contributed by atoms with Crippen LogP contribution in [0.2, 0.25) is 0 Å². The maximum atomic E-state index is 9.07. The molecule has 0 aliphatic carbocycles. The van der Waals surface area contributed by atoms with Gasteiger partial charge in [0, 0.05) is 0 Å². The maximum absolute atomic E-state index is 9.07. The number of nitrogens with zero attached hydrogens (tertiary/aromatic N) is 1. The summed E-state index contributed by atoms with van der Waals surface area (Å²) in [4.78, 5) is 0. The summed E-state index contributed by atoms with van der Waals surface area (Å²) in [5.74, 6) is 0.0579. The fraction of sp³-hybridized carbons (Fsp3) is 0.300. The largest absolute Gasteiger partial charge is 0.507 e. The van der Waals surface area contributed by atoms with Gasteiger partial charge in [-0.05, 0) is 24.6 Å². The molecular formula is C10H13NO. The third-order valence-corrected chi connectivity index (χ3v) is 1.27. The molecule has 2 nitrogen and oxygen atoms in total. The van der Waals surface area contributed by atoms with Gasteiger partial charge in [0.2, 0.25) is 0 Å². The van der Waals surface area contributed by atoms with E-state index in [4.69, 9.17) is 10.4 Å². The molecule has 0 atom stereocenters. The first kappa shape index (κ1) is 10.5. The van der Waals surface area contributed by atoms with E-state index < -0.39 is 0 Å². The number of aryl methyl sites for hydroxylation is 1. The Morgan fingerprint density at radius 3 is 2.33 bits per heavy atom. The predicted octanol–water partition coefficient (Wildman–Crippen LogP) is 2.60. The molecule has 1 aromatic rings. The van der Waals surface area contributed by atoms with E-state index in [1.165, 1.54) is 0 Å². The Hall–Kier alpha value is -1.49. The molecule has 0 amide bonds. The van der Waals surface area contributed by atoms with Gasteiger partial charge in [0.25, 0.3) is 0 Å². The van der Waals surface area contributed by atoms with E-state index in [9.17, 15) is 0 Å². The van der Waals surface area contributed by atoms with Gasteiger partial charge in [-0.25, -0.2) is 0 Å². The van der Waals surface area contributed by atoms with Crippen LogP contribution in [0.4, 0.5) is 0 Å². The highest BCUT2D eigenvalue weighted by molar-refractivity contribution is 5.43. The van der Waals surface area contributed by atoms with Crippen LogP contribution in [0, 0.1) is 18.3 Å².